The molecule has 1 fully saturated rings. The van der Waals surface area contributed by atoms with Crippen molar-refractivity contribution in [1.29, 1.82) is 0 Å². The average molecular weight is 891 g/mol. The molecule has 1 aliphatic heterocycles. The summed E-state index contributed by atoms with van der Waals surface area (Å²) in [6.07, 6.45) is 41.8. The molecule has 12 nitrogen and oxygen atoms in total. The molecule has 0 aromatic carbocycles. The van der Waals surface area contributed by atoms with E-state index in [0.29, 0.717) is 12.8 Å². The van der Waals surface area contributed by atoms with E-state index in [-0.39, 0.29) is 19.4 Å². The zero-order valence-electron chi connectivity index (χ0n) is 37.4. The summed E-state index contributed by atoms with van der Waals surface area (Å²) in [6.45, 7) is 3.53. The third-order valence-corrected chi connectivity index (χ3v) is 10.4. The molecule has 0 bridgehead atoms. The van der Waals surface area contributed by atoms with Gasteiger partial charge in [0.05, 0.1) is 6.61 Å². The molecule has 1 heterocycles. The van der Waals surface area contributed by atoms with Crippen LogP contribution in [-0.4, -0.2) is 96.0 Å². The summed E-state index contributed by atoms with van der Waals surface area (Å²) >= 11 is 0. The van der Waals surface area contributed by atoms with Crippen LogP contribution in [0.5, 0.6) is 0 Å². The minimum atomic E-state index is -4.62. The van der Waals surface area contributed by atoms with Gasteiger partial charge in [-0.15, -0.1) is 0 Å². The summed E-state index contributed by atoms with van der Waals surface area (Å²) < 4.78 is 53.9. The number of aliphatic hydroxyl groups is 3. The highest BCUT2D eigenvalue weighted by Crippen LogP contribution is 2.24. The fourth-order valence-electron chi connectivity index (χ4n) is 6.14. The van der Waals surface area contributed by atoms with Crippen LogP contribution >= 0.6 is 0 Å². The van der Waals surface area contributed by atoms with Crippen LogP contribution in [0.4, 0.5) is 0 Å². The summed E-state index contributed by atoms with van der Waals surface area (Å²) in [5.74, 6) is -2.15. The molecule has 0 aromatic heterocycles. The molecular weight excluding hydrogens is 813 g/mol. The van der Waals surface area contributed by atoms with Crippen molar-refractivity contribution < 1.29 is 56.8 Å². The van der Waals surface area contributed by atoms with Crippen molar-refractivity contribution in [1.82, 2.24) is 0 Å². The summed E-state index contributed by atoms with van der Waals surface area (Å²) in [5, 5.41) is 30.9. The number of rotatable bonds is 36. The molecule has 352 valence electrons. The number of allylic oxidation sites excluding steroid dienone is 16. The van der Waals surface area contributed by atoms with Crippen LogP contribution in [0, 0.1) is 0 Å². The maximum absolute atomic E-state index is 12.8. The van der Waals surface area contributed by atoms with Crippen LogP contribution in [0.2, 0.25) is 0 Å². The third kappa shape index (κ3) is 32.3. The molecule has 0 radical (unpaired) electrons. The molecule has 0 saturated carbocycles. The predicted molar refractivity (Wildman–Crippen MR) is 247 cm³/mol. The second-order valence-electron chi connectivity index (χ2n) is 15.3. The van der Waals surface area contributed by atoms with Crippen LogP contribution < -0.4 is 0 Å². The van der Waals surface area contributed by atoms with Gasteiger partial charge in [0.25, 0.3) is 10.1 Å². The first kappa shape index (κ1) is 56.6. The van der Waals surface area contributed by atoms with Gasteiger partial charge in [-0.25, -0.2) is 0 Å². The van der Waals surface area contributed by atoms with Gasteiger partial charge < -0.3 is 34.3 Å². The molecule has 62 heavy (non-hydrogen) atoms. The van der Waals surface area contributed by atoms with Gasteiger partial charge in [-0.1, -0.05) is 143 Å². The van der Waals surface area contributed by atoms with Crippen molar-refractivity contribution in [3.05, 3.63) is 97.2 Å². The number of esters is 2. The van der Waals surface area contributed by atoms with Crippen molar-refractivity contribution >= 4 is 22.1 Å². The van der Waals surface area contributed by atoms with Crippen molar-refractivity contribution in [2.45, 2.75) is 179 Å². The minimum absolute atomic E-state index is 0.0813. The summed E-state index contributed by atoms with van der Waals surface area (Å²) in [6, 6.07) is 0. The van der Waals surface area contributed by atoms with Crippen molar-refractivity contribution in [2.24, 2.45) is 0 Å². The Morgan fingerprint density at radius 1 is 0.565 bits per heavy atom. The number of carbonyl (C=O) groups excluding carboxylic acids is 2. The van der Waals surface area contributed by atoms with Gasteiger partial charge >= 0.3 is 11.9 Å². The number of ether oxygens (including phenoxy) is 4. The standard InChI is InChI=1S/C49H78O12S/c1-3-5-7-9-11-13-15-17-19-20-21-22-24-25-27-29-31-33-35-37-44(50)58-39-42(40-59-49-48(54)47(53)46(52)43(61-49)41-62(55,56)57)60-45(51)38-36-34-32-30-28-26-23-18-16-14-12-10-8-6-4-2/h5,7,11,13,17-19,21-23,25,27-28,30-31,33,42-43,46-49,52-54H,3-4,6,8-10,12,14-16,20,24,26,29,32,34-41H2,1-2H3,(H,55,56,57)/b7-5+,13-11+,19-17+,22-21+,23-18+,27-25+,30-28+,33-31+/t42-,43-,46-,47?,48?,49+/m1/s1. The zero-order valence-corrected chi connectivity index (χ0v) is 38.2. The molecule has 0 aliphatic carbocycles. The Morgan fingerprint density at radius 2 is 1.05 bits per heavy atom. The van der Waals surface area contributed by atoms with Crippen LogP contribution in [-0.2, 0) is 38.7 Å². The Balaban J connectivity index is 2.53. The molecule has 2 unspecified atom stereocenters. The Kier molecular flexibility index (Phi) is 34.7. The lowest BCUT2D eigenvalue weighted by atomic mass is 10.00. The second-order valence-corrected chi connectivity index (χ2v) is 16.8. The Morgan fingerprint density at radius 3 is 1.58 bits per heavy atom. The maximum atomic E-state index is 12.8. The molecule has 13 heteroatoms. The quantitative estimate of drug-likeness (QED) is 0.0202. The van der Waals surface area contributed by atoms with Crippen LogP contribution in [0.25, 0.3) is 0 Å². The Hall–Kier alpha value is -3.43. The summed E-state index contributed by atoms with van der Waals surface area (Å²) in [4.78, 5) is 25.4. The topological polar surface area (TPSA) is 186 Å². The van der Waals surface area contributed by atoms with Gasteiger partial charge in [0.1, 0.15) is 36.8 Å². The van der Waals surface area contributed by atoms with E-state index in [0.717, 1.165) is 64.2 Å². The molecule has 6 atom stereocenters. The van der Waals surface area contributed by atoms with E-state index in [1.807, 2.05) is 12.2 Å². The highest BCUT2D eigenvalue weighted by atomic mass is 32.2. The normalized spacial score (nSPS) is 20.8. The van der Waals surface area contributed by atoms with E-state index in [1.165, 1.54) is 38.5 Å². The lowest BCUT2D eigenvalue weighted by Crippen LogP contribution is -2.60. The van der Waals surface area contributed by atoms with Crippen LogP contribution in [0.1, 0.15) is 142 Å². The van der Waals surface area contributed by atoms with Gasteiger partial charge in [-0.3, -0.25) is 14.1 Å². The third-order valence-electron chi connectivity index (χ3n) is 9.66. The van der Waals surface area contributed by atoms with Gasteiger partial charge in [-0.05, 0) is 83.5 Å². The fraction of sp³-hybridized carbons (Fsp3) is 0.633. The highest BCUT2D eigenvalue weighted by Gasteiger charge is 2.46. The lowest BCUT2D eigenvalue weighted by Gasteiger charge is -2.40. The fourth-order valence-corrected chi connectivity index (χ4v) is 6.83. The second kappa shape index (κ2) is 38.1. The molecular formula is C49H78O12S. The van der Waals surface area contributed by atoms with Gasteiger partial charge in [-0.2, -0.15) is 8.42 Å². The first-order valence-corrected chi connectivity index (χ1v) is 24.4. The average Bonchev–Trinajstić information content (AvgIpc) is 3.24. The van der Waals surface area contributed by atoms with E-state index < -0.39 is 71.2 Å². The number of aliphatic hydroxyl groups excluding tert-OH is 3. The van der Waals surface area contributed by atoms with Crippen LogP contribution in [0.3, 0.4) is 0 Å². The van der Waals surface area contributed by atoms with E-state index in [1.54, 1.807) is 0 Å². The molecule has 0 aromatic rings. The van der Waals surface area contributed by atoms with E-state index in [9.17, 15) is 37.9 Å². The minimum Gasteiger partial charge on any atom is -0.462 e. The van der Waals surface area contributed by atoms with Gasteiger partial charge in [0.15, 0.2) is 12.4 Å². The Labute approximate surface area is 373 Å². The number of hydrogen-bond donors (Lipinski definition) is 4. The Bertz CT molecular complexity index is 1510. The van der Waals surface area contributed by atoms with E-state index >= 15 is 0 Å². The van der Waals surface area contributed by atoms with Crippen LogP contribution in [0.15, 0.2) is 97.2 Å². The van der Waals surface area contributed by atoms with Crippen molar-refractivity contribution in [3.8, 4) is 0 Å². The number of unbranched alkanes of at least 4 members (excludes halogenated alkanes) is 8. The smallest absolute Gasteiger partial charge is 0.306 e. The first-order valence-electron chi connectivity index (χ1n) is 22.8. The molecule has 1 saturated heterocycles. The number of carbonyl (C=O) groups is 2. The SMILES string of the molecule is CC/C=C/C/C=C/C/C=C/C/C=C/C/C=C/C/C=C/CCC(=O)OC[C@H](CO[C@H]1O[C@H](CS(=O)(=O)O)[C@@H](O)C(O)C1O)OC(=O)CCCC/C=C/C/C=C/CCCCCCCC. The molecule has 0 spiro atoms. The number of hydrogen-bond acceptors (Lipinski definition) is 11. The maximum Gasteiger partial charge on any atom is 0.306 e. The predicted octanol–water partition coefficient (Wildman–Crippen LogP) is 9.44. The van der Waals surface area contributed by atoms with Crippen molar-refractivity contribution in [2.75, 3.05) is 19.0 Å². The van der Waals surface area contributed by atoms with E-state index in [2.05, 4.69) is 98.9 Å². The van der Waals surface area contributed by atoms with E-state index in [4.69, 9.17) is 18.9 Å². The summed E-state index contributed by atoms with van der Waals surface area (Å²) in [7, 11) is -4.62. The molecule has 4 N–H and O–H groups in total. The van der Waals surface area contributed by atoms with Crippen molar-refractivity contribution in [3.63, 3.8) is 0 Å². The largest absolute Gasteiger partial charge is 0.462 e. The molecule has 1 rings (SSSR count). The first-order chi connectivity index (χ1) is 30.0. The van der Waals surface area contributed by atoms with Gasteiger partial charge in [0.2, 0.25) is 0 Å². The van der Waals surface area contributed by atoms with Gasteiger partial charge in [0, 0.05) is 12.8 Å². The zero-order chi connectivity index (χ0) is 45.5. The monoisotopic (exact) mass is 891 g/mol. The summed E-state index contributed by atoms with van der Waals surface area (Å²) in [5.41, 5.74) is 0. The molecule has 1 aliphatic rings. The molecule has 0 amide bonds. The highest BCUT2D eigenvalue weighted by molar-refractivity contribution is 7.85. The lowest BCUT2D eigenvalue weighted by molar-refractivity contribution is -0.297.